The monoisotopic (exact) mass is 323 g/mol. The van der Waals surface area contributed by atoms with Gasteiger partial charge in [0.1, 0.15) is 5.82 Å². The lowest BCUT2D eigenvalue weighted by atomic mass is 10.1. The van der Waals surface area contributed by atoms with Gasteiger partial charge >= 0.3 is 0 Å². The van der Waals surface area contributed by atoms with Crippen LogP contribution in [0.1, 0.15) is 25.1 Å². The highest BCUT2D eigenvalue weighted by atomic mass is 32.2. The maximum atomic E-state index is 11.4. The van der Waals surface area contributed by atoms with Gasteiger partial charge in [-0.3, -0.25) is 4.79 Å². The van der Waals surface area contributed by atoms with Crippen molar-refractivity contribution in [3.8, 4) is 0 Å². The molecule has 1 aromatic rings. The second-order valence-corrected chi connectivity index (χ2v) is 6.35. The zero-order chi connectivity index (χ0) is 15.8. The van der Waals surface area contributed by atoms with E-state index in [4.69, 9.17) is 0 Å². The number of carbonyl (C=O) groups is 1. The van der Waals surface area contributed by atoms with E-state index in [1.54, 1.807) is 7.05 Å². The van der Waals surface area contributed by atoms with Gasteiger partial charge in [0.15, 0.2) is 5.16 Å². The first kappa shape index (κ1) is 17.0. The smallest absolute Gasteiger partial charge is 0.230 e. The normalized spacial score (nSPS) is 15.7. The molecule has 1 saturated heterocycles. The zero-order valence-corrected chi connectivity index (χ0v) is 14.1. The van der Waals surface area contributed by atoms with Gasteiger partial charge in [-0.2, -0.15) is 0 Å². The van der Waals surface area contributed by atoms with Crippen LogP contribution < -0.4 is 5.32 Å². The van der Waals surface area contributed by atoms with E-state index in [1.165, 1.54) is 44.1 Å². The molecule has 22 heavy (non-hydrogen) atoms. The molecule has 0 spiro atoms. The lowest BCUT2D eigenvalue weighted by molar-refractivity contribution is -0.118. The van der Waals surface area contributed by atoms with Crippen LogP contribution in [-0.2, 0) is 17.8 Å². The van der Waals surface area contributed by atoms with Crippen molar-refractivity contribution in [3.63, 3.8) is 0 Å². The molecule has 0 unspecified atom stereocenters. The summed E-state index contributed by atoms with van der Waals surface area (Å²) in [5, 5.41) is 11.9. The van der Waals surface area contributed by atoms with E-state index in [9.17, 15) is 4.79 Å². The van der Waals surface area contributed by atoms with Crippen molar-refractivity contribution in [1.82, 2.24) is 25.0 Å². The van der Waals surface area contributed by atoms with Crippen LogP contribution in [0.2, 0.25) is 0 Å². The SMILES string of the molecule is C=CCn1c(CCN2CCCCC2)nnc1SCC(=O)NC. The zero-order valence-electron chi connectivity index (χ0n) is 13.3. The molecule has 6 nitrogen and oxygen atoms in total. The molecule has 122 valence electrons. The Morgan fingerprint density at radius 1 is 1.36 bits per heavy atom. The molecule has 1 fully saturated rings. The van der Waals surface area contributed by atoms with E-state index in [2.05, 4.69) is 31.6 Å². The fourth-order valence-corrected chi connectivity index (χ4v) is 3.41. The van der Waals surface area contributed by atoms with Crippen LogP contribution in [0.3, 0.4) is 0 Å². The maximum Gasteiger partial charge on any atom is 0.230 e. The van der Waals surface area contributed by atoms with Gasteiger partial charge in [0.25, 0.3) is 0 Å². The molecule has 0 saturated carbocycles. The van der Waals surface area contributed by atoms with Crippen LogP contribution in [0, 0.1) is 0 Å². The van der Waals surface area contributed by atoms with Crippen molar-refractivity contribution < 1.29 is 4.79 Å². The Hall–Kier alpha value is -1.34. The second kappa shape index (κ2) is 8.95. The summed E-state index contributed by atoms with van der Waals surface area (Å²) in [5.74, 6) is 1.33. The third kappa shape index (κ3) is 4.84. The molecule has 1 amide bonds. The number of allylic oxidation sites excluding steroid dienone is 1. The second-order valence-electron chi connectivity index (χ2n) is 5.41. The first-order valence-corrected chi connectivity index (χ1v) is 8.82. The summed E-state index contributed by atoms with van der Waals surface area (Å²) in [7, 11) is 1.64. The van der Waals surface area contributed by atoms with E-state index in [0.29, 0.717) is 12.3 Å². The number of nitrogens with zero attached hydrogens (tertiary/aromatic N) is 4. The van der Waals surface area contributed by atoms with Crippen molar-refractivity contribution in [1.29, 1.82) is 0 Å². The summed E-state index contributed by atoms with van der Waals surface area (Å²) in [6.45, 7) is 7.88. The molecule has 0 aliphatic carbocycles. The molecule has 1 N–H and O–H groups in total. The summed E-state index contributed by atoms with van der Waals surface area (Å²) in [6.07, 6.45) is 6.68. The van der Waals surface area contributed by atoms with Gasteiger partial charge in [-0.05, 0) is 25.9 Å². The summed E-state index contributed by atoms with van der Waals surface area (Å²) in [4.78, 5) is 13.9. The number of aromatic nitrogens is 3. The number of amides is 1. The molecule has 1 aromatic heterocycles. The predicted octanol–water partition coefficient (Wildman–Crippen LogP) is 1.33. The van der Waals surface area contributed by atoms with Crippen molar-refractivity contribution in [2.75, 3.05) is 32.4 Å². The molecule has 1 aliphatic heterocycles. The number of hydrogen-bond donors (Lipinski definition) is 1. The predicted molar refractivity (Wildman–Crippen MR) is 89.0 cm³/mol. The van der Waals surface area contributed by atoms with Gasteiger partial charge in [0, 0.05) is 26.6 Å². The highest BCUT2D eigenvalue weighted by molar-refractivity contribution is 7.99. The van der Waals surface area contributed by atoms with Gasteiger partial charge < -0.3 is 14.8 Å². The first-order chi connectivity index (χ1) is 10.7. The Morgan fingerprint density at radius 2 is 2.14 bits per heavy atom. The minimum Gasteiger partial charge on any atom is -0.358 e. The minimum atomic E-state index is -0.00646. The number of hydrogen-bond acceptors (Lipinski definition) is 5. The van der Waals surface area contributed by atoms with Gasteiger partial charge in [-0.15, -0.1) is 16.8 Å². The molecule has 0 radical (unpaired) electrons. The van der Waals surface area contributed by atoms with Crippen LogP contribution in [0.25, 0.3) is 0 Å². The first-order valence-electron chi connectivity index (χ1n) is 7.83. The highest BCUT2D eigenvalue weighted by Gasteiger charge is 2.15. The maximum absolute atomic E-state index is 11.4. The third-order valence-electron chi connectivity index (χ3n) is 3.82. The summed E-state index contributed by atoms with van der Waals surface area (Å²) in [6, 6.07) is 0. The van der Waals surface area contributed by atoms with Crippen LogP contribution >= 0.6 is 11.8 Å². The molecule has 0 aromatic carbocycles. The lowest BCUT2D eigenvalue weighted by Crippen LogP contribution is -2.32. The lowest BCUT2D eigenvalue weighted by Gasteiger charge is -2.26. The van der Waals surface area contributed by atoms with Crippen LogP contribution in [0.5, 0.6) is 0 Å². The van der Waals surface area contributed by atoms with Crippen LogP contribution in [-0.4, -0.2) is 58.0 Å². The van der Waals surface area contributed by atoms with E-state index in [-0.39, 0.29) is 5.91 Å². The van der Waals surface area contributed by atoms with Crippen molar-refractivity contribution in [2.24, 2.45) is 0 Å². The number of nitrogens with one attached hydrogen (secondary N) is 1. The summed E-state index contributed by atoms with van der Waals surface area (Å²) < 4.78 is 2.06. The van der Waals surface area contributed by atoms with Crippen molar-refractivity contribution >= 4 is 17.7 Å². The molecule has 0 atom stereocenters. The highest BCUT2D eigenvalue weighted by Crippen LogP contribution is 2.18. The number of rotatable bonds is 8. The van der Waals surface area contributed by atoms with E-state index >= 15 is 0 Å². The quantitative estimate of drug-likeness (QED) is 0.578. The summed E-state index contributed by atoms with van der Waals surface area (Å²) in [5.41, 5.74) is 0. The molecule has 2 heterocycles. The average Bonchev–Trinajstić information content (AvgIpc) is 2.94. The molecule has 0 bridgehead atoms. The van der Waals surface area contributed by atoms with Gasteiger partial charge in [-0.25, -0.2) is 0 Å². The Balaban J connectivity index is 1.95. The Morgan fingerprint density at radius 3 is 2.82 bits per heavy atom. The van der Waals surface area contributed by atoms with Gasteiger partial charge in [0.2, 0.25) is 5.91 Å². The topological polar surface area (TPSA) is 63.1 Å². The van der Waals surface area contributed by atoms with Crippen molar-refractivity contribution in [2.45, 2.75) is 37.4 Å². The standard InChI is InChI=1S/C15H25N5OS/c1-3-8-20-13(7-11-19-9-5-4-6-10-19)17-18-15(20)22-12-14(21)16-2/h3H,1,4-12H2,2H3,(H,16,21). The Kier molecular flexibility index (Phi) is 6.92. The van der Waals surface area contributed by atoms with E-state index < -0.39 is 0 Å². The van der Waals surface area contributed by atoms with Gasteiger partial charge in [0.05, 0.1) is 5.75 Å². The third-order valence-corrected chi connectivity index (χ3v) is 4.78. The molecular formula is C15H25N5OS. The number of likely N-dealkylation sites (tertiary alicyclic amines) is 1. The van der Waals surface area contributed by atoms with E-state index in [1.807, 2.05) is 6.08 Å². The molecule has 2 rings (SSSR count). The number of thioether (sulfide) groups is 1. The van der Waals surface area contributed by atoms with E-state index in [0.717, 1.165) is 23.9 Å². The molecule has 7 heteroatoms. The van der Waals surface area contributed by atoms with Crippen LogP contribution in [0.4, 0.5) is 0 Å². The minimum absolute atomic E-state index is 0.00646. The Bertz CT molecular complexity index is 496. The number of piperidine rings is 1. The molecular weight excluding hydrogens is 298 g/mol. The Labute approximate surface area is 136 Å². The average molecular weight is 323 g/mol. The molecule has 1 aliphatic rings. The number of carbonyl (C=O) groups excluding carboxylic acids is 1. The van der Waals surface area contributed by atoms with Gasteiger partial charge in [-0.1, -0.05) is 24.3 Å². The van der Waals surface area contributed by atoms with Crippen molar-refractivity contribution in [3.05, 3.63) is 18.5 Å². The van der Waals surface area contributed by atoms with Crippen LogP contribution in [0.15, 0.2) is 17.8 Å². The fraction of sp³-hybridized carbons (Fsp3) is 0.667. The summed E-state index contributed by atoms with van der Waals surface area (Å²) >= 11 is 1.42. The fourth-order valence-electron chi connectivity index (χ4n) is 2.57. The largest absolute Gasteiger partial charge is 0.358 e.